The number of para-hydroxylation sites is 2. The SMILES string of the molecule is O=c1cc(-c2cc(-c3ccccc3)nc(-c3ccccc3)n2)c2c(-n3c4ccccc4c4cc(-c5ccccc5)ccc43)ccc(-n3c4ccccc4c4cc(-c5ccccc5)ccc43)c2o1. The summed E-state index contributed by atoms with van der Waals surface area (Å²) in [5.41, 5.74) is 13.9. The summed E-state index contributed by atoms with van der Waals surface area (Å²) in [5.74, 6) is 0.554. The Hall–Kier alpha value is -9.13. The van der Waals surface area contributed by atoms with Crippen LogP contribution in [0, 0.1) is 0 Å². The van der Waals surface area contributed by atoms with Gasteiger partial charge in [-0.15, -0.1) is 0 Å². The zero-order chi connectivity index (χ0) is 44.4. The molecule has 0 unspecified atom stereocenters. The first-order chi connectivity index (χ1) is 33.1. The summed E-state index contributed by atoms with van der Waals surface area (Å²) in [4.78, 5) is 24.8. The highest BCUT2D eigenvalue weighted by Gasteiger charge is 2.25. The van der Waals surface area contributed by atoms with Gasteiger partial charge < -0.3 is 13.6 Å². The minimum atomic E-state index is -0.483. The van der Waals surface area contributed by atoms with Crippen LogP contribution in [0.15, 0.2) is 240 Å². The third-order valence-corrected chi connectivity index (χ3v) is 13.0. The third kappa shape index (κ3) is 6.38. The van der Waals surface area contributed by atoms with Crippen molar-refractivity contribution < 1.29 is 4.42 Å². The van der Waals surface area contributed by atoms with Crippen molar-refractivity contribution in [1.29, 1.82) is 0 Å². The van der Waals surface area contributed by atoms with Crippen molar-refractivity contribution in [1.82, 2.24) is 19.1 Å². The van der Waals surface area contributed by atoms with Crippen LogP contribution >= 0.6 is 0 Å². The Labute approximate surface area is 384 Å². The van der Waals surface area contributed by atoms with Gasteiger partial charge in [-0.05, 0) is 76.9 Å². The molecule has 0 aliphatic rings. The molecule has 0 aliphatic heterocycles. The Bertz CT molecular complexity index is 4040. The Kier molecular flexibility index (Phi) is 8.89. The summed E-state index contributed by atoms with van der Waals surface area (Å²) in [6, 6.07) is 79.2. The molecule has 0 bridgehead atoms. The molecule has 0 spiro atoms. The van der Waals surface area contributed by atoms with Crippen LogP contribution in [-0.2, 0) is 0 Å². The molecule has 0 fully saturated rings. The van der Waals surface area contributed by atoms with E-state index < -0.39 is 5.63 Å². The van der Waals surface area contributed by atoms with Crippen LogP contribution in [0.3, 0.4) is 0 Å². The van der Waals surface area contributed by atoms with E-state index in [0.29, 0.717) is 22.7 Å². The van der Waals surface area contributed by atoms with Crippen LogP contribution in [0.2, 0.25) is 0 Å². The Morgan fingerprint density at radius 1 is 0.343 bits per heavy atom. The molecule has 13 aromatic rings. The normalized spacial score (nSPS) is 11.6. The van der Waals surface area contributed by atoms with E-state index in [9.17, 15) is 4.79 Å². The molecule has 314 valence electrons. The van der Waals surface area contributed by atoms with E-state index in [1.165, 1.54) is 0 Å². The second kappa shape index (κ2) is 15.5. The number of nitrogens with zero attached hydrogens (tertiary/aromatic N) is 4. The lowest BCUT2D eigenvalue weighted by Gasteiger charge is -2.18. The number of hydrogen-bond donors (Lipinski definition) is 0. The summed E-state index contributed by atoms with van der Waals surface area (Å²) >= 11 is 0. The predicted octanol–water partition coefficient (Wildman–Crippen LogP) is 15.1. The number of benzene rings is 9. The molecule has 4 aromatic heterocycles. The van der Waals surface area contributed by atoms with Gasteiger partial charge >= 0.3 is 5.63 Å². The minimum Gasteiger partial charge on any atom is -0.420 e. The lowest BCUT2D eigenvalue weighted by molar-refractivity contribution is 0.560. The van der Waals surface area contributed by atoms with E-state index in [-0.39, 0.29) is 0 Å². The topological polar surface area (TPSA) is 65.8 Å². The lowest BCUT2D eigenvalue weighted by atomic mass is 10.0. The smallest absolute Gasteiger partial charge is 0.336 e. The van der Waals surface area contributed by atoms with Crippen molar-refractivity contribution in [3.8, 4) is 67.5 Å². The van der Waals surface area contributed by atoms with E-state index in [0.717, 1.165) is 99.4 Å². The second-order valence-corrected chi connectivity index (χ2v) is 16.9. The van der Waals surface area contributed by atoms with Crippen molar-refractivity contribution in [2.24, 2.45) is 0 Å². The average molecular weight is 859 g/mol. The van der Waals surface area contributed by atoms with Gasteiger partial charge in [-0.25, -0.2) is 14.8 Å². The minimum absolute atomic E-state index is 0.447. The fraction of sp³-hybridized carbons (Fsp3) is 0. The maximum absolute atomic E-state index is 14.4. The van der Waals surface area contributed by atoms with Gasteiger partial charge in [0.2, 0.25) is 0 Å². The summed E-state index contributed by atoms with van der Waals surface area (Å²) in [6.45, 7) is 0. The molecular formula is C61H38N4O2. The van der Waals surface area contributed by atoms with E-state index in [2.05, 4.69) is 167 Å². The molecule has 6 nitrogen and oxygen atoms in total. The molecule has 0 saturated heterocycles. The highest BCUT2D eigenvalue weighted by molar-refractivity contribution is 6.15. The molecule has 9 aromatic carbocycles. The van der Waals surface area contributed by atoms with E-state index in [1.807, 2.05) is 66.7 Å². The molecule has 6 heteroatoms. The third-order valence-electron chi connectivity index (χ3n) is 13.0. The molecule has 0 atom stereocenters. The largest absolute Gasteiger partial charge is 0.420 e. The Morgan fingerprint density at radius 2 is 0.791 bits per heavy atom. The zero-order valence-corrected chi connectivity index (χ0v) is 36.0. The number of rotatable bonds is 7. The van der Waals surface area contributed by atoms with Crippen molar-refractivity contribution >= 4 is 54.6 Å². The standard InChI is InChI=1S/C61H38N4O2/c66-58-37-49(51-38-50(41-21-9-3-10-22-41)62-61(63-51)42-23-11-4-12-24-42)59-56(64-52-27-15-13-25-45(52)47-35-43(29-31-54(47)64)39-17-5-1-6-18-39)33-34-57(60(59)67-58)65-53-28-16-14-26-46(53)48-36-44(30-32-55(48)65)40-19-7-2-8-20-40/h1-38H. The number of aromatic nitrogens is 4. The van der Waals surface area contributed by atoms with Crippen LogP contribution in [0.1, 0.15) is 0 Å². The van der Waals surface area contributed by atoms with Crippen molar-refractivity contribution in [2.75, 3.05) is 0 Å². The van der Waals surface area contributed by atoms with Gasteiger partial charge in [-0.2, -0.15) is 0 Å². The maximum Gasteiger partial charge on any atom is 0.336 e. The van der Waals surface area contributed by atoms with E-state index in [1.54, 1.807) is 6.07 Å². The van der Waals surface area contributed by atoms with Crippen molar-refractivity contribution in [2.45, 2.75) is 0 Å². The van der Waals surface area contributed by atoms with Gasteiger partial charge in [0.15, 0.2) is 11.4 Å². The number of fused-ring (bicyclic) bond motifs is 7. The first-order valence-electron chi connectivity index (χ1n) is 22.4. The highest BCUT2D eigenvalue weighted by Crippen LogP contribution is 2.43. The molecule has 4 heterocycles. The fourth-order valence-electron chi connectivity index (χ4n) is 9.95. The molecule has 67 heavy (non-hydrogen) atoms. The average Bonchev–Trinajstić information content (AvgIpc) is 3.91. The van der Waals surface area contributed by atoms with Gasteiger partial charge in [-0.1, -0.05) is 170 Å². The van der Waals surface area contributed by atoms with Gasteiger partial charge in [0.1, 0.15) is 0 Å². The summed E-state index contributed by atoms with van der Waals surface area (Å²) in [5, 5.41) is 5.17. The predicted molar refractivity (Wildman–Crippen MR) is 274 cm³/mol. The molecule has 0 N–H and O–H groups in total. The molecule has 0 saturated carbocycles. The summed E-state index contributed by atoms with van der Waals surface area (Å²) < 4.78 is 11.2. The van der Waals surface area contributed by atoms with E-state index in [4.69, 9.17) is 14.4 Å². The quantitative estimate of drug-likeness (QED) is 0.150. The zero-order valence-electron chi connectivity index (χ0n) is 36.0. The van der Waals surface area contributed by atoms with Crippen molar-refractivity contribution in [3.63, 3.8) is 0 Å². The lowest BCUT2D eigenvalue weighted by Crippen LogP contribution is -2.07. The molecule has 0 aliphatic carbocycles. The van der Waals surface area contributed by atoms with Crippen LogP contribution in [-0.4, -0.2) is 19.1 Å². The van der Waals surface area contributed by atoms with Gasteiger partial charge in [0, 0.05) is 44.3 Å². The van der Waals surface area contributed by atoms with Gasteiger partial charge in [0.25, 0.3) is 0 Å². The van der Waals surface area contributed by atoms with Crippen LogP contribution in [0.5, 0.6) is 0 Å². The number of hydrogen-bond acceptors (Lipinski definition) is 4. The monoisotopic (exact) mass is 858 g/mol. The van der Waals surface area contributed by atoms with Crippen LogP contribution in [0.25, 0.3) is 122 Å². The van der Waals surface area contributed by atoms with Crippen LogP contribution in [0.4, 0.5) is 0 Å². The van der Waals surface area contributed by atoms with Gasteiger partial charge in [0.05, 0.1) is 50.2 Å². The van der Waals surface area contributed by atoms with Crippen LogP contribution < -0.4 is 5.63 Å². The first kappa shape index (κ1) is 38.3. The second-order valence-electron chi connectivity index (χ2n) is 16.9. The fourth-order valence-corrected chi connectivity index (χ4v) is 9.95. The van der Waals surface area contributed by atoms with E-state index >= 15 is 0 Å². The molecule has 13 rings (SSSR count). The molecule has 0 radical (unpaired) electrons. The first-order valence-corrected chi connectivity index (χ1v) is 22.4. The maximum atomic E-state index is 14.4. The highest BCUT2D eigenvalue weighted by atomic mass is 16.4. The Balaban J connectivity index is 1.15. The summed E-state index contributed by atoms with van der Waals surface area (Å²) in [6.07, 6.45) is 0. The van der Waals surface area contributed by atoms with Gasteiger partial charge in [-0.3, -0.25) is 0 Å². The summed E-state index contributed by atoms with van der Waals surface area (Å²) in [7, 11) is 0. The molecule has 0 amide bonds. The Morgan fingerprint density at radius 3 is 1.36 bits per heavy atom. The molecular weight excluding hydrogens is 821 g/mol. The van der Waals surface area contributed by atoms with Crippen molar-refractivity contribution in [3.05, 3.63) is 241 Å².